The average molecular weight is 499 g/mol. The molecule has 1 aromatic rings. The van der Waals surface area contributed by atoms with Gasteiger partial charge in [0.15, 0.2) is 17.3 Å². The van der Waals surface area contributed by atoms with Gasteiger partial charge in [0.25, 0.3) is 0 Å². The highest BCUT2D eigenvalue weighted by molar-refractivity contribution is 6.17. The first-order valence-electron chi connectivity index (χ1n) is 11.2. The van der Waals surface area contributed by atoms with Crippen molar-refractivity contribution in [3.8, 4) is 0 Å². The van der Waals surface area contributed by atoms with Crippen LogP contribution in [0.3, 0.4) is 0 Å². The Morgan fingerprint density at radius 1 is 0.528 bits per heavy atom. The second-order valence-electron chi connectivity index (χ2n) is 7.65. The molecule has 0 aliphatic heterocycles. The molecule has 192 valence electrons. The molecule has 36 heavy (non-hydrogen) atoms. The largest absolute Gasteiger partial charge is 0.457 e. The zero-order valence-electron chi connectivity index (χ0n) is 20.8. The molecule has 0 N–H and O–H groups in total. The number of ketones is 3. The normalized spacial score (nSPS) is 10.1. The lowest BCUT2D eigenvalue weighted by molar-refractivity contribution is -0.142. The van der Waals surface area contributed by atoms with Crippen LogP contribution in [0.25, 0.3) is 0 Å². The highest BCUT2D eigenvalue weighted by atomic mass is 16.5. The minimum atomic E-state index is -0.879. The van der Waals surface area contributed by atoms with Gasteiger partial charge in [0.05, 0.1) is 16.7 Å². The molecule has 0 bridgehead atoms. The smallest absolute Gasteiger partial charge is 0.341 e. The zero-order chi connectivity index (χ0) is 27.4. The second kappa shape index (κ2) is 14.3. The van der Waals surface area contributed by atoms with Crippen molar-refractivity contribution < 1.29 is 43.0 Å². The molecular formula is C27H30O9. The molecule has 0 amide bonds. The van der Waals surface area contributed by atoms with Crippen LogP contribution >= 0.6 is 0 Å². The summed E-state index contributed by atoms with van der Waals surface area (Å²) in [4.78, 5) is 71.2. The Morgan fingerprint density at radius 3 is 0.944 bits per heavy atom. The highest BCUT2D eigenvalue weighted by Crippen LogP contribution is 2.16. The molecule has 9 nitrogen and oxygen atoms in total. The van der Waals surface area contributed by atoms with Crippen molar-refractivity contribution >= 4 is 35.3 Å². The first-order valence-corrected chi connectivity index (χ1v) is 11.2. The Hall–Kier alpha value is -4.14. The molecule has 0 unspecified atom stereocenters. The minimum Gasteiger partial charge on any atom is -0.457 e. The summed E-state index contributed by atoms with van der Waals surface area (Å²) in [5.41, 5.74) is 0.463. The van der Waals surface area contributed by atoms with Crippen molar-refractivity contribution in [3.05, 3.63) is 71.3 Å². The van der Waals surface area contributed by atoms with Gasteiger partial charge in [-0.3, -0.25) is 14.4 Å². The lowest BCUT2D eigenvalue weighted by Crippen LogP contribution is -2.16. The highest BCUT2D eigenvalue weighted by Gasteiger charge is 2.19. The van der Waals surface area contributed by atoms with E-state index in [0.717, 1.165) is 0 Å². The first-order chi connectivity index (χ1) is 16.9. The van der Waals surface area contributed by atoms with E-state index in [9.17, 15) is 28.8 Å². The Kier molecular flexibility index (Phi) is 11.9. The van der Waals surface area contributed by atoms with Gasteiger partial charge in [-0.1, -0.05) is 40.5 Å². The van der Waals surface area contributed by atoms with Gasteiger partial charge in [-0.05, 0) is 34.9 Å². The summed E-state index contributed by atoms with van der Waals surface area (Å²) in [5, 5.41) is 0. The maximum absolute atomic E-state index is 12.1. The minimum absolute atomic E-state index is 0.0992. The number of ether oxygens (including phenoxy) is 3. The molecule has 0 spiro atoms. The number of carbonyl (C=O) groups excluding carboxylic acids is 6. The molecule has 0 aromatic heterocycles. The van der Waals surface area contributed by atoms with Gasteiger partial charge in [-0.15, -0.1) is 0 Å². The van der Waals surface area contributed by atoms with E-state index >= 15 is 0 Å². The van der Waals surface area contributed by atoms with E-state index < -0.39 is 35.3 Å². The van der Waals surface area contributed by atoms with Crippen molar-refractivity contribution in [2.75, 3.05) is 0 Å². The molecule has 1 rings (SSSR count). The SMILES string of the molecule is C=C(C(=O)CC)C(=O)OCc1cc(COC(=O)C(=C)C(=O)CC)cc(COC(=O)C(=C)C(=O)CC)c1. The van der Waals surface area contributed by atoms with Crippen LogP contribution in [0.1, 0.15) is 56.7 Å². The number of benzene rings is 1. The lowest BCUT2D eigenvalue weighted by atomic mass is 10.1. The van der Waals surface area contributed by atoms with Crippen LogP contribution in [0.2, 0.25) is 0 Å². The van der Waals surface area contributed by atoms with Crippen molar-refractivity contribution in [1.29, 1.82) is 0 Å². The van der Waals surface area contributed by atoms with E-state index in [0.29, 0.717) is 16.7 Å². The first kappa shape index (κ1) is 29.9. The molecule has 0 saturated heterocycles. The van der Waals surface area contributed by atoms with Gasteiger partial charge in [-0.25, -0.2) is 14.4 Å². The third-order valence-corrected chi connectivity index (χ3v) is 4.93. The molecule has 0 heterocycles. The third kappa shape index (κ3) is 8.90. The maximum atomic E-state index is 12.1. The van der Waals surface area contributed by atoms with Crippen LogP contribution in [-0.2, 0) is 62.8 Å². The number of rotatable bonds is 15. The number of Topliss-reactive ketones (excluding diaryl/α,β-unsaturated/α-hetero) is 3. The summed E-state index contributed by atoms with van der Waals surface area (Å²) in [6.45, 7) is 14.3. The molecule has 1 aromatic carbocycles. The van der Waals surface area contributed by atoms with Gasteiger partial charge in [0, 0.05) is 19.3 Å². The molecule has 0 aliphatic carbocycles. The molecule has 0 fully saturated rings. The lowest BCUT2D eigenvalue weighted by Gasteiger charge is -2.12. The van der Waals surface area contributed by atoms with Gasteiger partial charge in [0.2, 0.25) is 0 Å². The van der Waals surface area contributed by atoms with E-state index in [1.807, 2.05) is 0 Å². The van der Waals surface area contributed by atoms with Crippen LogP contribution in [-0.4, -0.2) is 35.3 Å². The molecule has 0 radical (unpaired) electrons. The summed E-state index contributed by atoms with van der Waals surface area (Å²) in [7, 11) is 0. The van der Waals surface area contributed by atoms with Crippen LogP contribution in [0.4, 0.5) is 0 Å². The van der Waals surface area contributed by atoms with E-state index in [-0.39, 0.29) is 55.8 Å². The van der Waals surface area contributed by atoms with Gasteiger partial charge >= 0.3 is 17.9 Å². The Labute approximate surface area is 209 Å². The Balaban J connectivity index is 3.06. The van der Waals surface area contributed by atoms with Crippen LogP contribution in [0.15, 0.2) is 54.7 Å². The van der Waals surface area contributed by atoms with E-state index in [1.165, 1.54) is 0 Å². The predicted octanol–water partition coefficient (Wildman–Crippen LogP) is 3.42. The summed E-state index contributed by atoms with van der Waals surface area (Å²) in [6, 6.07) is 4.71. The maximum Gasteiger partial charge on any atom is 0.341 e. The summed E-state index contributed by atoms with van der Waals surface area (Å²) >= 11 is 0. The topological polar surface area (TPSA) is 130 Å². The van der Waals surface area contributed by atoms with Gasteiger partial charge in [-0.2, -0.15) is 0 Å². The van der Waals surface area contributed by atoms with E-state index in [4.69, 9.17) is 14.2 Å². The van der Waals surface area contributed by atoms with Crippen molar-refractivity contribution in [3.63, 3.8) is 0 Å². The van der Waals surface area contributed by atoms with Gasteiger partial charge in [0.1, 0.15) is 19.8 Å². The van der Waals surface area contributed by atoms with Crippen LogP contribution in [0.5, 0.6) is 0 Å². The van der Waals surface area contributed by atoms with Crippen LogP contribution in [0, 0.1) is 0 Å². The number of hydrogen-bond acceptors (Lipinski definition) is 9. The predicted molar refractivity (Wildman–Crippen MR) is 129 cm³/mol. The monoisotopic (exact) mass is 498 g/mol. The molecule has 0 atom stereocenters. The van der Waals surface area contributed by atoms with Crippen molar-refractivity contribution in [1.82, 2.24) is 0 Å². The zero-order valence-corrected chi connectivity index (χ0v) is 20.8. The molecular weight excluding hydrogens is 468 g/mol. The summed E-state index contributed by atoms with van der Waals surface area (Å²) in [5.74, 6) is -3.98. The van der Waals surface area contributed by atoms with Crippen molar-refractivity contribution in [2.24, 2.45) is 0 Å². The number of esters is 3. The van der Waals surface area contributed by atoms with E-state index in [2.05, 4.69) is 19.7 Å². The quantitative estimate of drug-likeness (QED) is 0.117. The second-order valence-corrected chi connectivity index (χ2v) is 7.65. The van der Waals surface area contributed by atoms with E-state index in [1.54, 1.807) is 39.0 Å². The Bertz CT molecular complexity index is 958. The Morgan fingerprint density at radius 2 is 0.750 bits per heavy atom. The van der Waals surface area contributed by atoms with Crippen molar-refractivity contribution in [2.45, 2.75) is 59.9 Å². The third-order valence-electron chi connectivity index (χ3n) is 4.93. The number of carbonyl (C=O) groups is 6. The average Bonchev–Trinajstić information content (AvgIpc) is 2.90. The molecule has 0 saturated carbocycles. The summed E-state index contributed by atoms with van der Waals surface area (Å²) in [6.07, 6.45) is 0.297. The summed E-state index contributed by atoms with van der Waals surface area (Å²) < 4.78 is 15.5. The molecule has 0 aliphatic rings. The fourth-order valence-electron chi connectivity index (χ4n) is 2.78. The number of hydrogen-bond donors (Lipinski definition) is 0. The molecule has 9 heteroatoms. The standard InChI is InChI=1S/C27H30O9/c1-7-22(28)16(4)25(31)34-13-19-10-20(14-35-26(32)17(5)23(29)8-2)12-21(11-19)15-36-27(33)18(6)24(30)9-3/h10-12H,4-9,13-15H2,1-3H3. The van der Waals surface area contributed by atoms with Gasteiger partial charge < -0.3 is 14.2 Å². The fraction of sp³-hybridized carbons (Fsp3) is 0.333. The fourth-order valence-corrected chi connectivity index (χ4v) is 2.78. The van der Waals surface area contributed by atoms with Crippen LogP contribution < -0.4 is 0 Å².